The molecule has 0 unspecified atom stereocenters. The van der Waals surface area contributed by atoms with Crippen LogP contribution < -0.4 is 5.32 Å². The van der Waals surface area contributed by atoms with E-state index in [9.17, 15) is 14.9 Å². The van der Waals surface area contributed by atoms with Crippen molar-refractivity contribution < 1.29 is 9.72 Å². The van der Waals surface area contributed by atoms with E-state index in [-0.39, 0.29) is 23.6 Å². The summed E-state index contributed by atoms with van der Waals surface area (Å²) in [6, 6.07) is 6.35. The zero-order valence-corrected chi connectivity index (χ0v) is 12.1. The fourth-order valence-electron chi connectivity index (χ4n) is 1.93. The smallest absolute Gasteiger partial charge is 0.293 e. The number of nitrogens with one attached hydrogen (secondary N) is 1. The minimum Gasteiger partial charge on any atom is -0.380 e. The fraction of sp³-hybridized carbons (Fsp3) is 0.429. The lowest BCUT2D eigenvalue weighted by Gasteiger charge is -2.19. The molecular formula is C14H18N4O3. The first-order chi connectivity index (χ1) is 10.0. The molecule has 0 aliphatic heterocycles. The number of nitriles is 1. The number of nitro groups is 1. The van der Waals surface area contributed by atoms with Crippen LogP contribution in [0.1, 0.15) is 30.6 Å². The molecule has 0 fully saturated rings. The monoisotopic (exact) mass is 290 g/mol. The zero-order valence-electron chi connectivity index (χ0n) is 12.1. The van der Waals surface area contributed by atoms with Crippen molar-refractivity contribution in [2.24, 2.45) is 0 Å². The summed E-state index contributed by atoms with van der Waals surface area (Å²) in [5.41, 5.74) is 0.515. The number of carbonyl (C=O) groups excluding carboxylic acids is 1. The summed E-state index contributed by atoms with van der Waals surface area (Å²) in [6.07, 6.45) is 0.233. The summed E-state index contributed by atoms with van der Waals surface area (Å²) in [7, 11) is 0. The summed E-state index contributed by atoms with van der Waals surface area (Å²) in [6.45, 7) is 4.95. The number of hydrogen-bond donors (Lipinski definition) is 1. The van der Waals surface area contributed by atoms with Crippen LogP contribution in [0.15, 0.2) is 18.2 Å². The van der Waals surface area contributed by atoms with Crippen molar-refractivity contribution in [3.8, 4) is 6.07 Å². The number of amides is 1. The zero-order chi connectivity index (χ0) is 15.8. The van der Waals surface area contributed by atoms with Gasteiger partial charge in [0.05, 0.1) is 17.4 Å². The molecule has 1 aromatic rings. The molecule has 1 amide bonds. The van der Waals surface area contributed by atoms with Gasteiger partial charge in [0, 0.05) is 31.3 Å². The summed E-state index contributed by atoms with van der Waals surface area (Å²) in [5.74, 6) is -0.307. The standard InChI is InChI=1S/C14H18N4O3/c1-3-16-12-7-6-11(10-13(12)18(20)21)14(19)17(4-2)9-5-8-15/h6-7,10,16H,3-5,9H2,1-2H3. The molecule has 0 heterocycles. The second kappa shape index (κ2) is 7.85. The summed E-state index contributed by atoms with van der Waals surface area (Å²) >= 11 is 0. The minimum absolute atomic E-state index is 0.126. The van der Waals surface area contributed by atoms with Gasteiger partial charge in [-0.3, -0.25) is 14.9 Å². The molecule has 7 nitrogen and oxygen atoms in total. The topological polar surface area (TPSA) is 99.3 Å². The summed E-state index contributed by atoms with van der Waals surface area (Å²) in [5, 5.41) is 22.6. The van der Waals surface area contributed by atoms with Gasteiger partial charge in [-0.25, -0.2) is 0 Å². The Morgan fingerprint density at radius 1 is 1.48 bits per heavy atom. The van der Waals surface area contributed by atoms with Crippen LogP contribution in [-0.2, 0) is 0 Å². The highest BCUT2D eigenvalue weighted by molar-refractivity contribution is 5.95. The Hall–Kier alpha value is -2.62. The van der Waals surface area contributed by atoms with Crippen molar-refractivity contribution in [1.82, 2.24) is 4.90 Å². The van der Waals surface area contributed by atoms with Crippen molar-refractivity contribution >= 4 is 17.3 Å². The number of anilines is 1. The molecule has 0 atom stereocenters. The van der Waals surface area contributed by atoms with E-state index < -0.39 is 4.92 Å². The Morgan fingerprint density at radius 2 is 2.19 bits per heavy atom. The average molecular weight is 290 g/mol. The number of carbonyl (C=O) groups is 1. The van der Waals surface area contributed by atoms with Crippen LogP contribution in [0.4, 0.5) is 11.4 Å². The van der Waals surface area contributed by atoms with E-state index in [0.29, 0.717) is 25.3 Å². The largest absolute Gasteiger partial charge is 0.380 e. The molecule has 1 rings (SSSR count). The van der Waals surface area contributed by atoms with Crippen LogP contribution in [-0.4, -0.2) is 35.4 Å². The maximum absolute atomic E-state index is 12.3. The van der Waals surface area contributed by atoms with Crippen molar-refractivity contribution in [3.63, 3.8) is 0 Å². The van der Waals surface area contributed by atoms with Crippen LogP contribution in [0.5, 0.6) is 0 Å². The predicted octanol–water partition coefficient (Wildman–Crippen LogP) is 2.40. The molecule has 21 heavy (non-hydrogen) atoms. The van der Waals surface area contributed by atoms with Gasteiger partial charge < -0.3 is 10.2 Å². The SMILES string of the molecule is CCNc1ccc(C(=O)N(CC)CCC#N)cc1[N+](=O)[O-]. The first-order valence-electron chi connectivity index (χ1n) is 6.73. The second-order valence-electron chi connectivity index (χ2n) is 4.31. The van der Waals surface area contributed by atoms with E-state index in [1.54, 1.807) is 13.0 Å². The highest BCUT2D eigenvalue weighted by atomic mass is 16.6. The van der Waals surface area contributed by atoms with Gasteiger partial charge in [-0.1, -0.05) is 0 Å². The van der Waals surface area contributed by atoms with Crippen LogP contribution >= 0.6 is 0 Å². The third kappa shape index (κ3) is 4.18. The molecule has 0 aliphatic carbocycles. The van der Waals surface area contributed by atoms with Gasteiger partial charge in [-0.15, -0.1) is 0 Å². The molecule has 0 radical (unpaired) electrons. The van der Waals surface area contributed by atoms with Crippen molar-refractivity contribution in [1.29, 1.82) is 5.26 Å². The van der Waals surface area contributed by atoms with Gasteiger partial charge in [-0.2, -0.15) is 5.26 Å². The van der Waals surface area contributed by atoms with Gasteiger partial charge in [-0.05, 0) is 26.0 Å². The first-order valence-corrected chi connectivity index (χ1v) is 6.73. The Kier molecular flexibility index (Phi) is 6.14. The average Bonchev–Trinajstić information content (AvgIpc) is 2.48. The number of rotatable bonds is 7. The normalized spacial score (nSPS) is 9.76. The minimum atomic E-state index is -0.514. The lowest BCUT2D eigenvalue weighted by atomic mass is 10.1. The summed E-state index contributed by atoms with van der Waals surface area (Å²) in [4.78, 5) is 24.4. The molecule has 0 bridgehead atoms. The van der Waals surface area contributed by atoms with Crippen LogP contribution in [0.25, 0.3) is 0 Å². The lowest BCUT2D eigenvalue weighted by Crippen LogP contribution is -2.31. The third-order valence-corrected chi connectivity index (χ3v) is 2.97. The number of benzene rings is 1. The van der Waals surface area contributed by atoms with Gasteiger partial charge in [0.2, 0.25) is 0 Å². The summed E-state index contributed by atoms with van der Waals surface area (Å²) < 4.78 is 0. The number of nitro benzene ring substituents is 1. The Bertz CT molecular complexity index is 566. The van der Waals surface area contributed by atoms with Crippen LogP contribution in [0, 0.1) is 21.4 Å². The Morgan fingerprint density at radius 3 is 2.71 bits per heavy atom. The van der Waals surface area contributed by atoms with Crippen molar-refractivity contribution in [3.05, 3.63) is 33.9 Å². The van der Waals surface area contributed by atoms with E-state index in [1.165, 1.54) is 17.0 Å². The first kappa shape index (κ1) is 16.4. The highest BCUT2D eigenvalue weighted by Crippen LogP contribution is 2.26. The third-order valence-electron chi connectivity index (χ3n) is 2.97. The molecule has 7 heteroatoms. The molecule has 1 aromatic carbocycles. The Balaban J connectivity index is 3.07. The van der Waals surface area contributed by atoms with E-state index in [1.807, 2.05) is 13.0 Å². The van der Waals surface area contributed by atoms with Gasteiger partial charge >= 0.3 is 0 Å². The number of nitrogens with zero attached hydrogens (tertiary/aromatic N) is 3. The molecular weight excluding hydrogens is 272 g/mol. The predicted molar refractivity (Wildman–Crippen MR) is 79.1 cm³/mol. The fourth-order valence-corrected chi connectivity index (χ4v) is 1.93. The molecule has 0 saturated carbocycles. The molecule has 0 spiro atoms. The number of hydrogen-bond acceptors (Lipinski definition) is 5. The molecule has 112 valence electrons. The van der Waals surface area contributed by atoms with Crippen molar-refractivity contribution in [2.75, 3.05) is 25.0 Å². The van der Waals surface area contributed by atoms with Gasteiger partial charge in [0.15, 0.2) is 0 Å². The maximum atomic E-state index is 12.3. The molecule has 0 aromatic heterocycles. The molecule has 1 N–H and O–H groups in total. The van der Waals surface area contributed by atoms with Gasteiger partial charge in [0.1, 0.15) is 5.69 Å². The molecule has 0 aliphatic rings. The van der Waals surface area contributed by atoms with E-state index in [2.05, 4.69) is 5.32 Å². The van der Waals surface area contributed by atoms with Gasteiger partial charge in [0.25, 0.3) is 11.6 Å². The van der Waals surface area contributed by atoms with Crippen LogP contribution in [0.2, 0.25) is 0 Å². The van der Waals surface area contributed by atoms with E-state index >= 15 is 0 Å². The van der Waals surface area contributed by atoms with E-state index in [4.69, 9.17) is 5.26 Å². The van der Waals surface area contributed by atoms with Crippen molar-refractivity contribution in [2.45, 2.75) is 20.3 Å². The lowest BCUT2D eigenvalue weighted by molar-refractivity contribution is -0.384. The Labute approximate surface area is 123 Å². The molecule has 0 saturated heterocycles. The maximum Gasteiger partial charge on any atom is 0.293 e. The quantitative estimate of drug-likeness (QED) is 0.614. The highest BCUT2D eigenvalue weighted by Gasteiger charge is 2.20. The van der Waals surface area contributed by atoms with E-state index in [0.717, 1.165) is 0 Å². The second-order valence-corrected chi connectivity index (χ2v) is 4.31. The van der Waals surface area contributed by atoms with Crippen LogP contribution in [0.3, 0.4) is 0 Å².